The number of hydrogen-bond donors (Lipinski definition) is 2. The molecule has 1 aliphatic carbocycles. The predicted molar refractivity (Wildman–Crippen MR) is 82.9 cm³/mol. The molecule has 1 aromatic rings. The van der Waals surface area contributed by atoms with Gasteiger partial charge in [0.1, 0.15) is 5.01 Å². The zero-order chi connectivity index (χ0) is 14.5. The Balaban J connectivity index is 1.80. The maximum absolute atomic E-state index is 12.2. The molecule has 0 bridgehead atoms. The number of carbonyl (C=O) groups excluding carboxylic acids is 1. The molecule has 0 saturated heterocycles. The van der Waals surface area contributed by atoms with E-state index in [1.807, 2.05) is 19.2 Å². The number of rotatable bonds is 5. The first-order valence-corrected chi connectivity index (χ1v) is 8.42. The van der Waals surface area contributed by atoms with Gasteiger partial charge in [-0.2, -0.15) is 0 Å². The number of hydrogen-bond acceptors (Lipinski definition) is 4. The summed E-state index contributed by atoms with van der Waals surface area (Å²) in [4.78, 5) is 16.7. The van der Waals surface area contributed by atoms with Crippen LogP contribution in [0, 0.1) is 6.92 Å². The fourth-order valence-corrected chi connectivity index (χ4v) is 3.48. The lowest BCUT2D eigenvalue weighted by Gasteiger charge is -2.25. The number of aryl methyl sites for hydroxylation is 1. The van der Waals surface area contributed by atoms with Gasteiger partial charge in [0, 0.05) is 17.1 Å². The Kier molecular flexibility index (Phi) is 5.54. The Morgan fingerprint density at radius 2 is 2.05 bits per heavy atom. The van der Waals surface area contributed by atoms with E-state index < -0.39 is 0 Å². The normalized spacial score (nSPS) is 19.6. The highest BCUT2D eigenvalue weighted by Crippen LogP contribution is 2.19. The van der Waals surface area contributed by atoms with Crippen molar-refractivity contribution in [3.05, 3.63) is 16.1 Å². The van der Waals surface area contributed by atoms with Crippen molar-refractivity contribution in [2.45, 2.75) is 71.0 Å². The fraction of sp³-hybridized carbons (Fsp3) is 0.733. The van der Waals surface area contributed by atoms with Crippen LogP contribution in [0.25, 0.3) is 0 Å². The van der Waals surface area contributed by atoms with Crippen LogP contribution in [0.2, 0.25) is 0 Å². The first-order valence-electron chi connectivity index (χ1n) is 7.54. The molecule has 0 aromatic carbocycles. The van der Waals surface area contributed by atoms with Crippen LogP contribution in [0.1, 0.15) is 62.7 Å². The molecule has 1 aliphatic rings. The predicted octanol–water partition coefficient (Wildman–Crippen LogP) is 2.94. The second-order valence-corrected chi connectivity index (χ2v) is 6.67. The Bertz CT molecular complexity index is 440. The molecule has 5 heteroatoms. The minimum Gasteiger partial charge on any atom is -0.352 e. The van der Waals surface area contributed by atoms with Gasteiger partial charge in [0.2, 0.25) is 5.91 Å². The van der Waals surface area contributed by atoms with Crippen molar-refractivity contribution in [3.63, 3.8) is 0 Å². The van der Waals surface area contributed by atoms with Crippen LogP contribution in [0.5, 0.6) is 0 Å². The summed E-state index contributed by atoms with van der Waals surface area (Å²) in [6.45, 7) is 5.98. The number of nitrogens with one attached hydrogen (secondary N) is 2. The van der Waals surface area contributed by atoms with Gasteiger partial charge in [-0.05, 0) is 33.6 Å². The quantitative estimate of drug-likeness (QED) is 0.878. The molecule has 4 nitrogen and oxygen atoms in total. The number of aromatic nitrogens is 1. The van der Waals surface area contributed by atoms with Crippen LogP contribution in [0.15, 0.2) is 5.38 Å². The molecular formula is C15H25N3OS. The maximum Gasteiger partial charge on any atom is 0.237 e. The number of amides is 1. The van der Waals surface area contributed by atoms with Crippen molar-refractivity contribution >= 4 is 17.2 Å². The van der Waals surface area contributed by atoms with Gasteiger partial charge in [0.15, 0.2) is 0 Å². The molecule has 1 saturated carbocycles. The van der Waals surface area contributed by atoms with Crippen LogP contribution in [0.3, 0.4) is 0 Å². The average Bonchev–Trinajstić information content (AvgIpc) is 2.86. The van der Waals surface area contributed by atoms with Crippen LogP contribution in [-0.2, 0) is 4.79 Å². The molecule has 1 amide bonds. The van der Waals surface area contributed by atoms with Crippen molar-refractivity contribution in [2.75, 3.05) is 0 Å². The summed E-state index contributed by atoms with van der Waals surface area (Å²) in [6, 6.07) is 0.301. The maximum atomic E-state index is 12.2. The summed E-state index contributed by atoms with van der Waals surface area (Å²) >= 11 is 1.64. The molecule has 0 spiro atoms. The molecule has 1 aromatic heterocycles. The summed E-state index contributed by atoms with van der Waals surface area (Å²) < 4.78 is 0. The van der Waals surface area contributed by atoms with Crippen molar-refractivity contribution in [1.82, 2.24) is 15.6 Å². The fourth-order valence-electron chi connectivity index (χ4n) is 2.67. The lowest BCUT2D eigenvalue weighted by molar-refractivity contribution is -0.123. The van der Waals surface area contributed by atoms with E-state index in [-0.39, 0.29) is 18.0 Å². The van der Waals surface area contributed by atoms with Crippen molar-refractivity contribution < 1.29 is 4.79 Å². The third-order valence-electron chi connectivity index (χ3n) is 3.85. The molecule has 20 heavy (non-hydrogen) atoms. The highest BCUT2D eigenvalue weighted by atomic mass is 32.1. The van der Waals surface area contributed by atoms with Gasteiger partial charge in [0.25, 0.3) is 0 Å². The Labute approximate surface area is 125 Å². The SMILES string of the molecule is Cc1csc(C(C)NC(C)C(=O)NC2CCCCC2)n1. The lowest BCUT2D eigenvalue weighted by Crippen LogP contribution is -2.47. The largest absolute Gasteiger partial charge is 0.352 e. The smallest absolute Gasteiger partial charge is 0.237 e. The molecular weight excluding hydrogens is 270 g/mol. The molecule has 112 valence electrons. The number of nitrogens with zero attached hydrogens (tertiary/aromatic N) is 1. The monoisotopic (exact) mass is 295 g/mol. The van der Waals surface area contributed by atoms with Gasteiger partial charge in [-0.25, -0.2) is 4.98 Å². The van der Waals surface area contributed by atoms with Gasteiger partial charge in [-0.3, -0.25) is 10.1 Å². The second kappa shape index (κ2) is 7.18. The van der Waals surface area contributed by atoms with E-state index in [2.05, 4.69) is 22.5 Å². The highest BCUT2D eigenvalue weighted by Gasteiger charge is 2.21. The van der Waals surface area contributed by atoms with E-state index in [0.717, 1.165) is 23.5 Å². The van der Waals surface area contributed by atoms with Gasteiger partial charge in [-0.15, -0.1) is 11.3 Å². The summed E-state index contributed by atoms with van der Waals surface area (Å²) in [6.07, 6.45) is 6.03. The van der Waals surface area contributed by atoms with Crippen LogP contribution >= 0.6 is 11.3 Å². The summed E-state index contributed by atoms with van der Waals surface area (Å²) in [5.74, 6) is 0.108. The van der Waals surface area contributed by atoms with Crippen molar-refractivity contribution in [2.24, 2.45) is 0 Å². The summed E-state index contributed by atoms with van der Waals surface area (Å²) in [7, 11) is 0. The van der Waals surface area contributed by atoms with E-state index >= 15 is 0 Å². The van der Waals surface area contributed by atoms with Gasteiger partial charge in [0.05, 0.1) is 12.1 Å². The topological polar surface area (TPSA) is 54.0 Å². The molecule has 1 fully saturated rings. The third kappa shape index (κ3) is 4.28. The zero-order valence-electron chi connectivity index (χ0n) is 12.6. The number of thiazole rings is 1. The van der Waals surface area contributed by atoms with Gasteiger partial charge < -0.3 is 5.32 Å². The molecule has 2 atom stereocenters. The van der Waals surface area contributed by atoms with E-state index in [4.69, 9.17) is 0 Å². The third-order valence-corrected chi connectivity index (χ3v) is 5.00. The highest BCUT2D eigenvalue weighted by molar-refractivity contribution is 7.09. The minimum atomic E-state index is -0.184. The zero-order valence-corrected chi connectivity index (χ0v) is 13.4. The summed E-state index contributed by atoms with van der Waals surface area (Å²) in [5.41, 5.74) is 1.04. The van der Waals surface area contributed by atoms with E-state index in [9.17, 15) is 4.79 Å². The standard InChI is InChI=1S/C15H25N3OS/c1-10-9-20-15(16-10)12(3)17-11(2)14(19)18-13-7-5-4-6-8-13/h9,11-13,17H,4-8H2,1-3H3,(H,18,19). The molecule has 0 aliphatic heterocycles. The molecule has 1 heterocycles. The first-order chi connectivity index (χ1) is 9.56. The minimum absolute atomic E-state index is 0.108. The van der Waals surface area contributed by atoms with Crippen LogP contribution in [-0.4, -0.2) is 23.0 Å². The molecule has 0 radical (unpaired) electrons. The van der Waals surface area contributed by atoms with Crippen LogP contribution in [0.4, 0.5) is 0 Å². The first kappa shape index (κ1) is 15.4. The van der Waals surface area contributed by atoms with E-state index in [1.54, 1.807) is 11.3 Å². The molecule has 2 N–H and O–H groups in total. The van der Waals surface area contributed by atoms with Gasteiger partial charge in [-0.1, -0.05) is 19.3 Å². The van der Waals surface area contributed by atoms with Gasteiger partial charge >= 0.3 is 0 Å². The van der Waals surface area contributed by atoms with E-state index in [0.29, 0.717) is 6.04 Å². The van der Waals surface area contributed by atoms with E-state index in [1.165, 1.54) is 19.3 Å². The number of carbonyl (C=O) groups is 1. The Morgan fingerprint density at radius 3 is 2.65 bits per heavy atom. The van der Waals surface area contributed by atoms with Crippen LogP contribution < -0.4 is 10.6 Å². The van der Waals surface area contributed by atoms with Crippen molar-refractivity contribution in [3.8, 4) is 0 Å². The van der Waals surface area contributed by atoms with Crippen molar-refractivity contribution in [1.29, 1.82) is 0 Å². The molecule has 2 unspecified atom stereocenters. The lowest BCUT2D eigenvalue weighted by atomic mass is 9.95. The molecule has 2 rings (SSSR count). The Morgan fingerprint density at radius 1 is 1.35 bits per heavy atom. The second-order valence-electron chi connectivity index (χ2n) is 5.78. The average molecular weight is 295 g/mol. The summed E-state index contributed by atoms with van der Waals surface area (Å²) in [5, 5.41) is 9.58. The Hall–Kier alpha value is -0.940.